The minimum Gasteiger partial charge on any atom is -0.394 e. The predicted molar refractivity (Wildman–Crippen MR) is 64.1 cm³/mol. The third kappa shape index (κ3) is 1.20. The molecule has 2 aromatic heterocycles. The zero-order chi connectivity index (χ0) is 11.1. The van der Waals surface area contributed by atoms with Crippen LogP contribution in [0.25, 0.3) is 16.9 Å². The van der Waals surface area contributed by atoms with Crippen LogP contribution in [0.15, 0.2) is 36.5 Å². The van der Waals surface area contributed by atoms with Gasteiger partial charge in [0.15, 0.2) is 5.65 Å². The number of H-pyrrole nitrogens is 1. The summed E-state index contributed by atoms with van der Waals surface area (Å²) in [6, 6.07) is 10.1. The Morgan fingerprint density at radius 1 is 1.25 bits per heavy atom. The smallest absolute Gasteiger partial charge is 0.157 e. The van der Waals surface area contributed by atoms with Crippen molar-refractivity contribution in [2.45, 2.75) is 6.92 Å². The molecule has 16 heavy (non-hydrogen) atoms. The summed E-state index contributed by atoms with van der Waals surface area (Å²) in [7, 11) is 0. The van der Waals surface area contributed by atoms with Crippen LogP contribution in [0.5, 0.6) is 0 Å². The number of rotatable bonds is 1. The number of fused-ring (bicyclic) bond motifs is 1. The number of hydrogen-bond donors (Lipinski definition) is 2. The number of aromatic amines is 1. The van der Waals surface area contributed by atoms with Crippen molar-refractivity contribution in [3.63, 3.8) is 0 Å². The third-order valence-electron chi connectivity index (χ3n) is 2.72. The van der Waals surface area contributed by atoms with Gasteiger partial charge in [-0.05, 0) is 12.5 Å². The molecule has 0 saturated heterocycles. The highest BCUT2D eigenvalue weighted by Gasteiger charge is 2.09. The second-order valence-corrected chi connectivity index (χ2v) is 3.83. The van der Waals surface area contributed by atoms with Gasteiger partial charge in [-0.25, -0.2) is 4.52 Å². The summed E-state index contributed by atoms with van der Waals surface area (Å²) in [6.07, 6.45) is 1.95. The number of benzene rings is 1. The van der Waals surface area contributed by atoms with Gasteiger partial charge in [0.1, 0.15) is 0 Å². The standard InChI is InChI=1S/C12H12N4/c1-8-11(13)12-14-10(7-16(12)15-8)9-5-3-2-4-6-9/h2-7,14H,13H2,1H3. The van der Waals surface area contributed by atoms with Crippen LogP contribution in [-0.2, 0) is 0 Å². The summed E-state index contributed by atoms with van der Waals surface area (Å²) in [4.78, 5) is 3.28. The molecule has 4 nitrogen and oxygen atoms in total. The molecule has 0 aliphatic carbocycles. The number of anilines is 1. The largest absolute Gasteiger partial charge is 0.394 e. The number of hydrogen-bond acceptors (Lipinski definition) is 2. The van der Waals surface area contributed by atoms with Gasteiger partial charge in [-0.2, -0.15) is 5.10 Å². The Hall–Kier alpha value is -2.23. The number of nitrogen functional groups attached to an aromatic ring is 1. The van der Waals surface area contributed by atoms with Crippen molar-refractivity contribution in [1.29, 1.82) is 0 Å². The normalized spacial score (nSPS) is 11.1. The Balaban J connectivity index is 2.20. The van der Waals surface area contributed by atoms with Gasteiger partial charge >= 0.3 is 0 Å². The highest BCUT2D eigenvalue weighted by Crippen LogP contribution is 2.22. The molecular formula is C12H12N4. The van der Waals surface area contributed by atoms with Crippen LogP contribution in [0.1, 0.15) is 5.69 Å². The van der Waals surface area contributed by atoms with E-state index in [-0.39, 0.29) is 0 Å². The average Bonchev–Trinajstić information content (AvgIpc) is 2.82. The van der Waals surface area contributed by atoms with E-state index in [9.17, 15) is 0 Å². The summed E-state index contributed by atoms with van der Waals surface area (Å²) in [5, 5.41) is 4.32. The van der Waals surface area contributed by atoms with Gasteiger partial charge in [0.05, 0.1) is 23.3 Å². The number of imidazole rings is 1. The van der Waals surface area contributed by atoms with E-state index in [0.29, 0.717) is 5.69 Å². The topological polar surface area (TPSA) is 59.1 Å². The van der Waals surface area contributed by atoms with Gasteiger partial charge in [-0.1, -0.05) is 30.3 Å². The molecule has 3 aromatic rings. The lowest BCUT2D eigenvalue weighted by Gasteiger charge is -1.95. The monoisotopic (exact) mass is 212 g/mol. The van der Waals surface area contributed by atoms with Crippen LogP contribution in [0.4, 0.5) is 5.69 Å². The molecule has 3 rings (SSSR count). The molecule has 2 heterocycles. The number of nitrogens with two attached hydrogens (primary N) is 1. The van der Waals surface area contributed by atoms with Crippen LogP contribution in [0.3, 0.4) is 0 Å². The lowest BCUT2D eigenvalue weighted by atomic mass is 10.2. The molecule has 0 amide bonds. The number of aryl methyl sites for hydroxylation is 1. The van der Waals surface area contributed by atoms with Gasteiger partial charge in [0, 0.05) is 0 Å². The lowest BCUT2D eigenvalue weighted by Crippen LogP contribution is -1.86. The molecular weight excluding hydrogens is 200 g/mol. The maximum atomic E-state index is 5.92. The SMILES string of the molecule is Cc1nn2cc(-c3ccccc3)[nH]c2c1N. The van der Waals surface area contributed by atoms with Crippen molar-refractivity contribution in [2.75, 3.05) is 5.73 Å². The molecule has 0 radical (unpaired) electrons. The molecule has 3 N–H and O–H groups in total. The summed E-state index contributed by atoms with van der Waals surface area (Å²) >= 11 is 0. The van der Waals surface area contributed by atoms with Gasteiger partial charge < -0.3 is 10.7 Å². The van der Waals surface area contributed by atoms with E-state index in [0.717, 1.165) is 22.6 Å². The van der Waals surface area contributed by atoms with E-state index < -0.39 is 0 Å². The first-order chi connectivity index (χ1) is 7.75. The lowest BCUT2D eigenvalue weighted by molar-refractivity contribution is 0.945. The zero-order valence-corrected chi connectivity index (χ0v) is 8.94. The number of nitrogens with zero attached hydrogens (tertiary/aromatic N) is 2. The van der Waals surface area contributed by atoms with Crippen LogP contribution in [-0.4, -0.2) is 14.6 Å². The van der Waals surface area contributed by atoms with Gasteiger partial charge in [0.25, 0.3) is 0 Å². The van der Waals surface area contributed by atoms with E-state index in [1.807, 2.05) is 43.5 Å². The first kappa shape index (κ1) is 9.03. The summed E-state index contributed by atoms with van der Waals surface area (Å²) in [5.41, 5.74) is 10.5. The fourth-order valence-corrected chi connectivity index (χ4v) is 1.82. The third-order valence-corrected chi connectivity index (χ3v) is 2.72. The molecule has 0 spiro atoms. The molecule has 0 atom stereocenters. The predicted octanol–water partition coefficient (Wildman–Crippen LogP) is 2.22. The Morgan fingerprint density at radius 2 is 2.00 bits per heavy atom. The number of nitrogens with one attached hydrogen (secondary N) is 1. The average molecular weight is 212 g/mol. The number of aromatic nitrogens is 3. The van der Waals surface area contributed by atoms with Crippen molar-refractivity contribution in [1.82, 2.24) is 14.6 Å². The first-order valence-electron chi connectivity index (χ1n) is 5.14. The van der Waals surface area contributed by atoms with E-state index in [1.165, 1.54) is 0 Å². The molecule has 1 aromatic carbocycles. The highest BCUT2D eigenvalue weighted by atomic mass is 15.3. The molecule has 0 saturated carbocycles. The molecule has 0 aliphatic heterocycles. The van der Waals surface area contributed by atoms with Crippen molar-refractivity contribution >= 4 is 11.3 Å². The van der Waals surface area contributed by atoms with E-state index in [1.54, 1.807) is 4.52 Å². The van der Waals surface area contributed by atoms with Crippen LogP contribution >= 0.6 is 0 Å². The van der Waals surface area contributed by atoms with Crippen LogP contribution in [0, 0.1) is 6.92 Å². The van der Waals surface area contributed by atoms with Crippen LogP contribution in [0.2, 0.25) is 0 Å². The molecule has 0 fully saturated rings. The van der Waals surface area contributed by atoms with Crippen molar-refractivity contribution in [2.24, 2.45) is 0 Å². The minimum atomic E-state index is 0.710. The van der Waals surface area contributed by atoms with E-state index in [2.05, 4.69) is 10.1 Å². The Kier molecular flexibility index (Phi) is 1.77. The molecule has 80 valence electrons. The molecule has 0 bridgehead atoms. The zero-order valence-electron chi connectivity index (χ0n) is 8.94. The Bertz CT molecular complexity index is 634. The highest BCUT2D eigenvalue weighted by molar-refractivity contribution is 5.72. The van der Waals surface area contributed by atoms with Crippen molar-refractivity contribution < 1.29 is 0 Å². The fourth-order valence-electron chi connectivity index (χ4n) is 1.82. The van der Waals surface area contributed by atoms with E-state index in [4.69, 9.17) is 5.73 Å². The van der Waals surface area contributed by atoms with Gasteiger partial charge in [-0.15, -0.1) is 0 Å². The molecule has 0 aliphatic rings. The minimum absolute atomic E-state index is 0.710. The van der Waals surface area contributed by atoms with Crippen molar-refractivity contribution in [3.05, 3.63) is 42.2 Å². The fraction of sp³-hybridized carbons (Fsp3) is 0.0833. The second kappa shape index (κ2) is 3.13. The van der Waals surface area contributed by atoms with Gasteiger partial charge in [0.2, 0.25) is 0 Å². The Morgan fingerprint density at radius 3 is 2.69 bits per heavy atom. The first-order valence-corrected chi connectivity index (χ1v) is 5.14. The van der Waals surface area contributed by atoms with Crippen molar-refractivity contribution in [3.8, 4) is 11.3 Å². The maximum Gasteiger partial charge on any atom is 0.157 e. The molecule has 4 heteroatoms. The quantitative estimate of drug-likeness (QED) is 0.649. The van der Waals surface area contributed by atoms with E-state index >= 15 is 0 Å². The molecule has 0 unspecified atom stereocenters. The van der Waals surface area contributed by atoms with Crippen LogP contribution < -0.4 is 5.73 Å². The summed E-state index contributed by atoms with van der Waals surface area (Å²) < 4.78 is 1.78. The maximum absolute atomic E-state index is 5.92. The summed E-state index contributed by atoms with van der Waals surface area (Å²) in [5.74, 6) is 0. The summed E-state index contributed by atoms with van der Waals surface area (Å²) in [6.45, 7) is 1.90. The second-order valence-electron chi connectivity index (χ2n) is 3.83. The Labute approximate surface area is 92.7 Å². The van der Waals surface area contributed by atoms with Gasteiger partial charge in [-0.3, -0.25) is 0 Å².